The molecule has 0 fully saturated rings. The van der Waals surface area contributed by atoms with Crippen molar-refractivity contribution in [3.63, 3.8) is 0 Å². The number of hydrogen-bond donors (Lipinski definition) is 1. The highest BCUT2D eigenvalue weighted by molar-refractivity contribution is 5.82. The average Bonchev–Trinajstić information content (AvgIpc) is 2.46. The molecule has 0 aromatic heterocycles. The van der Waals surface area contributed by atoms with Crippen LogP contribution in [0.2, 0.25) is 0 Å². The van der Waals surface area contributed by atoms with Crippen molar-refractivity contribution in [2.24, 2.45) is 5.92 Å². The van der Waals surface area contributed by atoms with Crippen molar-refractivity contribution < 1.29 is 0 Å². The van der Waals surface area contributed by atoms with Gasteiger partial charge in [-0.1, -0.05) is 63.1 Å². The Balaban J connectivity index is 2.01. The fraction of sp³-hybridized carbons (Fsp3) is 0.444. The highest BCUT2D eigenvalue weighted by Gasteiger charge is 2.12. The SMILES string of the molecule is CCC(CC)C(C)NCc1ccc2ccccc2c1. The maximum atomic E-state index is 3.67. The Morgan fingerprint density at radius 3 is 2.32 bits per heavy atom. The first kappa shape index (κ1) is 14.1. The zero-order valence-electron chi connectivity index (χ0n) is 12.3. The smallest absolute Gasteiger partial charge is 0.0208 e. The molecule has 1 heteroatoms. The largest absolute Gasteiger partial charge is 0.310 e. The molecule has 0 aliphatic rings. The van der Waals surface area contributed by atoms with Gasteiger partial charge in [0.1, 0.15) is 0 Å². The molecule has 2 rings (SSSR count). The Kier molecular flexibility index (Phi) is 4.98. The van der Waals surface area contributed by atoms with E-state index in [1.807, 2.05) is 0 Å². The number of nitrogens with one attached hydrogen (secondary N) is 1. The Labute approximate surface area is 117 Å². The Bertz CT molecular complexity index is 514. The molecule has 1 unspecified atom stereocenters. The van der Waals surface area contributed by atoms with E-state index in [0.29, 0.717) is 6.04 Å². The number of hydrogen-bond acceptors (Lipinski definition) is 1. The molecule has 0 saturated heterocycles. The van der Waals surface area contributed by atoms with Crippen molar-refractivity contribution in [1.29, 1.82) is 0 Å². The minimum Gasteiger partial charge on any atom is -0.310 e. The van der Waals surface area contributed by atoms with Gasteiger partial charge in [-0.25, -0.2) is 0 Å². The summed E-state index contributed by atoms with van der Waals surface area (Å²) in [6, 6.07) is 15.9. The molecule has 0 amide bonds. The first-order valence-corrected chi connectivity index (χ1v) is 7.45. The van der Waals surface area contributed by atoms with E-state index >= 15 is 0 Å². The summed E-state index contributed by atoms with van der Waals surface area (Å²) in [5, 5.41) is 6.31. The lowest BCUT2D eigenvalue weighted by molar-refractivity contribution is 0.353. The molecule has 0 bridgehead atoms. The summed E-state index contributed by atoms with van der Waals surface area (Å²) >= 11 is 0. The van der Waals surface area contributed by atoms with E-state index in [2.05, 4.69) is 68.6 Å². The lowest BCUT2D eigenvalue weighted by atomic mass is 9.95. The van der Waals surface area contributed by atoms with Crippen LogP contribution in [0.25, 0.3) is 10.8 Å². The normalized spacial score (nSPS) is 13.1. The molecule has 2 aromatic carbocycles. The minimum atomic E-state index is 0.585. The summed E-state index contributed by atoms with van der Waals surface area (Å²) in [7, 11) is 0. The Morgan fingerprint density at radius 2 is 1.63 bits per heavy atom. The van der Waals surface area contributed by atoms with Gasteiger partial charge in [0.15, 0.2) is 0 Å². The zero-order valence-corrected chi connectivity index (χ0v) is 12.3. The summed E-state index contributed by atoms with van der Waals surface area (Å²) in [4.78, 5) is 0. The Morgan fingerprint density at radius 1 is 0.947 bits per heavy atom. The second kappa shape index (κ2) is 6.72. The molecule has 19 heavy (non-hydrogen) atoms. The van der Waals surface area contributed by atoms with E-state index in [-0.39, 0.29) is 0 Å². The van der Waals surface area contributed by atoms with Gasteiger partial charge in [0.25, 0.3) is 0 Å². The van der Waals surface area contributed by atoms with Gasteiger partial charge in [-0.3, -0.25) is 0 Å². The zero-order chi connectivity index (χ0) is 13.7. The average molecular weight is 255 g/mol. The second-order valence-electron chi connectivity index (χ2n) is 5.43. The van der Waals surface area contributed by atoms with Crippen LogP contribution in [-0.4, -0.2) is 6.04 Å². The predicted molar refractivity (Wildman–Crippen MR) is 84.3 cm³/mol. The van der Waals surface area contributed by atoms with E-state index < -0.39 is 0 Å². The van der Waals surface area contributed by atoms with Crippen molar-refractivity contribution in [2.45, 2.75) is 46.2 Å². The molecule has 0 aliphatic carbocycles. The molecule has 0 saturated carbocycles. The van der Waals surface area contributed by atoms with Crippen molar-refractivity contribution >= 4 is 10.8 Å². The first-order chi connectivity index (χ1) is 9.24. The van der Waals surface area contributed by atoms with Crippen molar-refractivity contribution in [3.8, 4) is 0 Å². The molecule has 2 aromatic rings. The van der Waals surface area contributed by atoms with Gasteiger partial charge < -0.3 is 5.32 Å². The fourth-order valence-electron chi connectivity index (χ4n) is 2.79. The molecule has 0 heterocycles. The van der Waals surface area contributed by atoms with Gasteiger partial charge >= 0.3 is 0 Å². The third-order valence-corrected chi connectivity index (χ3v) is 4.20. The summed E-state index contributed by atoms with van der Waals surface area (Å²) in [6.07, 6.45) is 2.50. The van der Waals surface area contributed by atoms with Crippen molar-refractivity contribution in [1.82, 2.24) is 5.32 Å². The van der Waals surface area contributed by atoms with Crippen LogP contribution in [0.1, 0.15) is 39.2 Å². The van der Waals surface area contributed by atoms with Crippen LogP contribution in [0, 0.1) is 5.92 Å². The lowest BCUT2D eigenvalue weighted by Gasteiger charge is -2.22. The molecular formula is C18H25N. The Hall–Kier alpha value is -1.34. The third-order valence-electron chi connectivity index (χ3n) is 4.20. The van der Waals surface area contributed by atoms with Gasteiger partial charge in [0, 0.05) is 12.6 Å². The molecule has 1 atom stereocenters. The maximum absolute atomic E-state index is 3.67. The second-order valence-corrected chi connectivity index (χ2v) is 5.43. The van der Waals surface area contributed by atoms with Crippen LogP contribution in [0.4, 0.5) is 0 Å². The monoisotopic (exact) mass is 255 g/mol. The molecular weight excluding hydrogens is 230 g/mol. The molecule has 102 valence electrons. The summed E-state index contributed by atoms with van der Waals surface area (Å²) < 4.78 is 0. The number of benzene rings is 2. The summed E-state index contributed by atoms with van der Waals surface area (Å²) in [6.45, 7) is 7.83. The first-order valence-electron chi connectivity index (χ1n) is 7.45. The van der Waals surface area contributed by atoms with Gasteiger partial charge in [-0.05, 0) is 35.2 Å². The van der Waals surface area contributed by atoms with Crippen LogP contribution < -0.4 is 5.32 Å². The van der Waals surface area contributed by atoms with E-state index in [0.717, 1.165) is 12.5 Å². The van der Waals surface area contributed by atoms with Crippen LogP contribution in [0.3, 0.4) is 0 Å². The van der Waals surface area contributed by atoms with Crippen LogP contribution >= 0.6 is 0 Å². The van der Waals surface area contributed by atoms with Gasteiger partial charge in [-0.2, -0.15) is 0 Å². The molecule has 1 nitrogen and oxygen atoms in total. The van der Waals surface area contributed by atoms with Gasteiger partial charge in [0.05, 0.1) is 0 Å². The minimum absolute atomic E-state index is 0.585. The van der Waals surface area contributed by atoms with Crippen LogP contribution in [0.5, 0.6) is 0 Å². The molecule has 1 N–H and O–H groups in total. The molecule has 0 spiro atoms. The van der Waals surface area contributed by atoms with Crippen LogP contribution in [0.15, 0.2) is 42.5 Å². The highest BCUT2D eigenvalue weighted by atomic mass is 14.9. The van der Waals surface area contributed by atoms with Crippen molar-refractivity contribution in [3.05, 3.63) is 48.0 Å². The summed E-state index contributed by atoms with van der Waals surface area (Å²) in [5.74, 6) is 0.778. The van der Waals surface area contributed by atoms with E-state index in [1.165, 1.54) is 29.2 Å². The summed E-state index contributed by atoms with van der Waals surface area (Å²) in [5.41, 5.74) is 1.37. The lowest BCUT2D eigenvalue weighted by Crippen LogP contribution is -2.32. The predicted octanol–water partition coefficient (Wildman–Crippen LogP) is 4.75. The number of fused-ring (bicyclic) bond motifs is 1. The standard InChI is InChI=1S/C18H25N/c1-4-16(5-2)14(3)19-13-15-10-11-17-8-6-7-9-18(17)12-15/h6-12,14,16,19H,4-5,13H2,1-3H3. The van der Waals surface area contributed by atoms with Crippen LogP contribution in [-0.2, 0) is 6.54 Å². The quantitative estimate of drug-likeness (QED) is 0.785. The third kappa shape index (κ3) is 3.57. The maximum Gasteiger partial charge on any atom is 0.0208 e. The highest BCUT2D eigenvalue weighted by Crippen LogP contribution is 2.17. The number of rotatable bonds is 6. The fourth-order valence-corrected chi connectivity index (χ4v) is 2.79. The van der Waals surface area contributed by atoms with E-state index in [9.17, 15) is 0 Å². The topological polar surface area (TPSA) is 12.0 Å². The van der Waals surface area contributed by atoms with Gasteiger partial charge in [-0.15, -0.1) is 0 Å². The molecule has 0 radical (unpaired) electrons. The van der Waals surface area contributed by atoms with E-state index in [4.69, 9.17) is 0 Å². The molecule has 0 aliphatic heterocycles. The van der Waals surface area contributed by atoms with Gasteiger partial charge in [0.2, 0.25) is 0 Å². The van der Waals surface area contributed by atoms with E-state index in [1.54, 1.807) is 0 Å². The van der Waals surface area contributed by atoms with Crippen molar-refractivity contribution in [2.75, 3.05) is 0 Å².